The Morgan fingerprint density at radius 1 is 0.840 bits per heavy atom. The van der Waals surface area contributed by atoms with Crippen LogP contribution in [0.3, 0.4) is 0 Å². The first-order valence-electron chi connectivity index (χ1n) is 9.23. The van der Waals surface area contributed by atoms with Crippen LogP contribution in [0.2, 0.25) is 0 Å². The van der Waals surface area contributed by atoms with Crippen LogP contribution in [0.25, 0.3) is 10.8 Å². The van der Waals surface area contributed by atoms with Crippen LogP contribution in [0.4, 0.5) is 0 Å². The molecule has 138 valence electrons. The number of methoxy groups -OCH3 is 1. The van der Waals surface area contributed by atoms with E-state index in [-0.39, 0.29) is 0 Å². The van der Waals surface area contributed by atoms with Crippen LogP contribution in [0.15, 0.2) is 30.3 Å². The number of hydrogen-bond donors (Lipinski definition) is 0. The van der Waals surface area contributed by atoms with Gasteiger partial charge in [-0.2, -0.15) is 0 Å². The summed E-state index contributed by atoms with van der Waals surface area (Å²) < 4.78 is 17.4. The van der Waals surface area contributed by atoms with Crippen molar-refractivity contribution in [2.75, 3.05) is 26.2 Å². The van der Waals surface area contributed by atoms with Crippen LogP contribution >= 0.6 is 11.6 Å². The zero-order chi connectivity index (χ0) is 17.9. The lowest BCUT2D eigenvalue weighted by molar-refractivity contribution is 0.297. The molecule has 25 heavy (non-hydrogen) atoms. The highest BCUT2D eigenvalue weighted by atomic mass is 35.5. The molecule has 0 fully saturated rings. The summed E-state index contributed by atoms with van der Waals surface area (Å²) in [6, 6.07) is 10.1. The molecule has 0 unspecified atom stereocenters. The second-order valence-corrected chi connectivity index (χ2v) is 6.42. The third-order valence-electron chi connectivity index (χ3n) is 4.22. The van der Waals surface area contributed by atoms with Crippen LogP contribution in [0, 0.1) is 0 Å². The summed E-state index contributed by atoms with van der Waals surface area (Å²) in [5, 5.41) is 2.09. The van der Waals surface area contributed by atoms with Crippen molar-refractivity contribution in [2.45, 2.75) is 45.4 Å². The van der Waals surface area contributed by atoms with E-state index in [1.807, 2.05) is 31.2 Å². The lowest BCUT2D eigenvalue weighted by Crippen LogP contribution is -2.01. The van der Waals surface area contributed by atoms with Gasteiger partial charge in [0.05, 0.1) is 20.3 Å². The van der Waals surface area contributed by atoms with E-state index in [1.165, 1.54) is 25.7 Å². The van der Waals surface area contributed by atoms with Crippen molar-refractivity contribution in [3.8, 4) is 17.2 Å². The molecule has 0 aliphatic heterocycles. The number of hydrogen-bond acceptors (Lipinski definition) is 3. The molecule has 0 heterocycles. The first kappa shape index (κ1) is 19.7. The number of ether oxygens (including phenoxy) is 3. The average Bonchev–Trinajstić information content (AvgIpc) is 2.65. The standard InChI is InChI=1S/C21H29ClO3/c1-3-24-21-18-13-9-8-12-17(18)19(16-20(21)23-2)25-15-11-7-5-4-6-10-14-22/h8-9,12-13,16H,3-7,10-11,14-15H2,1-2H3. The second kappa shape index (κ2) is 11.1. The minimum Gasteiger partial charge on any atom is -0.493 e. The summed E-state index contributed by atoms with van der Waals surface area (Å²) in [5.74, 6) is 3.14. The molecule has 0 bridgehead atoms. The number of fused-ring (bicyclic) bond motifs is 1. The maximum Gasteiger partial charge on any atom is 0.169 e. The fraction of sp³-hybridized carbons (Fsp3) is 0.524. The Bertz CT molecular complexity index is 642. The van der Waals surface area contributed by atoms with Crippen molar-refractivity contribution in [1.82, 2.24) is 0 Å². The average molecular weight is 365 g/mol. The molecule has 0 aliphatic rings. The summed E-state index contributed by atoms with van der Waals surface area (Å²) in [6.07, 6.45) is 7.10. The highest BCUT2D eigenvalue weighted by Gasteiger charge is 2.14. The molecule has 0 amide bonds. The molecule has 2 rings (SSSR count). The van der Waals surface area contributed by atoms with Gasteiger partial charge < -0.3 is 14.2 Å². The molecule has 2 aromatic rings. The Morgan fingerprint density at radius 3 is 2.20 bits per heavy atom. The summed E-state index contributed by atoms with van der Waals surface area (Å²) in [7, 11) is 1.66. The molecule has 0 spiro atoms. The van der Waals surface area contributed by atoms with Crippen LogP contribution in [-0.4, -0.2) is 26.2 Å². The fourth-order valence-electron chi connectivity index (χ4n) is 2.94. The minimum atomic E-state index is 0.601. The molecule has 0 N–H and O–H groups in total. The molecule has 0 radical (unpaired) electrons. The third-order valence-corrected chi connectivity index (χ3v) is 4.48. The Morgan fingerprint density at radius 2 is 1.52 bits per heavy atom. The molecule has 0 atom stereocenters. The van der Waals surface area contributed by atoms with Crippen LogP contribution in [0.5, 0.6) is 17.2 Å². The van der Waals surface area contributed by atoms with Gasteiger partial charge >= 0.3 is 0 Å². The van der Waals surface area contributed by atoms with Crippen molar-refractivity contribution in [3.63, 3.8) is 0 Å². The third kappa shape index (κ3) is 5.71. The molecule has 0 aromatic heterocycles. The van der Waals surface area contributed by atoms with E-state index in [9.17, 15) is 0 Å². The lowest BCUT2D eigenvalue weighted by Gasteiger charge is -2.16. The van der Waals surface area contributed by atoms with Gasteiger partial charge in [-0.1, -0.05) is 49.9 Å². The lowest BCUT2D eigenvalue weighted by atomic mass is 10.1. The van der Waals surface area contributed by atoms with Crippen LogP contribution in [-0.2, 0) is 0 Å². The van der Waals surface area contributed by atoms with Gasteiger partial charge in [0.25, 0.3) is 0 Å². The van der Waals surface area contributed by atoms with Gasteiger partial charge in [0.1, 0.15) is 5.75 Å². The van der Waals surface area contributed by atoms with Gasteiger partial charge in [-0.15, -0.1) is 11.6 Å². The van der Waals surface area contributed by atoms with E-state index in [1.54, 1.807) is 7.11 Å². The van der Waals surface area contributed by atoms with E-state index in [0.29, 0.717) is 6.61 Å². The van der Waals surface area contributed by atoms with Crippen molar-refractivity contribution in [1.29, 1.82) is 0 Å². The van der Waals surface area contributed by atoms with Gasteiger partial charge in [-0.05, 0) is 19.8 Å². The van der Waals surface area contributed by atoms with Crippen molar-refractivity contribution < 1.29 is 14.2 Å². The highest BCUT2D eigenvalue weighted by Crippen LogP contribution is 2.41. The molecular formula is C21H29ClO3. The highest BCUT2D eigenvalue weighted by molar-refractivity contribution is 6.17. The van der Waals surface area contributed by atoms with Crippen molar-refractivity contribution >= 4 is 22.4 Å². The van der Waals surface area contributed by atoms with E-state index >= 15 is 0 Å². The van der Waals surface area contributed by atoms with Gasteiger partial charge in [-0.3, -0.25) is 0 Å². The molecular weight excluding hydrogens is 336 g/mol. The number of alkyl halides is 1. The number of halogens is 1. The summed E-state index contributed by atoms with van der Waals surface area (Å²) >= 11 is 5.70. The number of unbranched alkanes of at least 4 members (excludes halogenated alkanes) is 5. The molecule has 0 saturated carbocycles. The maximum absolute atomic E-state index is 6.07. The van der Waals surface area contributed by atoms with E-state index < -0.39 is 0 Å². The van der Waals surface area contributed by atoms with Crippen molar-refractivity contribution in [3.05, 3.63) is 30.3 Å². The van der Waals surface area contributed by atoms with E-state index in [2.05, 4.69) is 6.07 Å². The quantitative estimate of drug-likeness (QED) is 0.331. The minimum absolute atomic E-state index is 0.601. The van der Waals surface area contributed by atoms with Gasteiger partial charge in [-0.25, -0.2) is 0 Å². The monoisotopic (exact) mass is 364 g/mol. The second-order valence-electron chi connectivity index (χ2n) is 6.04. The van der Waals surface area contributed by atoms with Crippen molar-refractivity contribution in [2.24, 2.45) is 0 Å². The number of benzene rings is 2. The van der Waals surface area contributed by atoms with E-state index in [0.717, 1.165) is 53.3 Å². The molecule has 3 nitrogen and oxygen atoms in total. The first-order chi connectivity index (χ1) is 12.3. The molecule has 2 aromatic carbocycles. The predicted molar refractivity (Wildman–Crippen MR) is 106 cm³/mol. The largest absolute Gasteiger partial charge is 0.493 e. The Hall–Kier alpha value is -1.61. The predicted octanol–water partition coefficient (Wildman–Crippen LogP) is 6.21. The topological polar surface area (TPSA) is 27.7 Å². The normalized spacial score (nSPS) is 10.8. The van der Waals surface area contributed by atoms with Crippen LogP contribution in [0.1, 0.15) is 45.4 Å². The van der Waals surface area contributed by atoms with Gasteiger partial charge in [0.15, 0.2) is 11.5 Å². The zero-order valence-corrected chi connectivity index (χ0v) is 16.1. The van der Waals surface area contributed by atoms with Gasteiger partial charge in [0, 0.05) is 22.7 Å². The fourth-order valence-corrected chi connectivity index (χ4v) is 3.13. The zero-order valence-electron chi connectivity index (χ0n) is 15.4. The SMILES string of the molecule is CCOc1c(OC)cc(OCCCCCCCCCl)c2ccccc12. The molecule has 0 aliphatic carbocycles. The summed E-state index contributed by atoms with van der Waals surface area (Å²) in [4.78, 5) is 0. The summed E-state index contributed by atoms with van der Waals surface area (Å²) in [6.45, 7) is 3.30. The van der Waals surface area contributed by atoms with Gasteiger partial charge in [0.2, 0.25) is 0 Å². The molecule has 4 heteroatoms. The Balaban J connectivity index is 2.00. The van der Waals surface area contributed by atoms with Crippen LogP contribution < -0.4 is 14.2 Å². The summed E-state index contributed by atoms with van der Waals surface area (Å²) in [5.41, 5.74) is 0. The smallest absolute Gasteiger partial charge is 0.169 e. The van der Waals surface area contributed by atoms with E-state index in [4.69, 9.17) is 25.8 Å². The first-order valence-corrected chi connectivity index (χ1v) is 9.76. The Kier molecular flexibility index (Phi) is 8.75. The maximum atomic E-state index is 6.07. The molecule has 0 saturated heterocycles. The Labute approximate surface area is 156 Å². The number of rotatable bonds is 12.